The van der Waals surface area contributed by atoms with Crippen LogP contribution in [0.4, 0.5) is 0 Å². The number of rotatable bonds is 3. The molecule has 1 N–H and O–H groups in total. The lowest BCUT2D eigenvalue weighted by molar-refractivity contribution is 0.0673. The Morgan fingerprint density at radius 3 is 2.31 bits per heavy atom. The minimum atomic E-state index is 0.406. The lowest BCUT2D eigenvalue weighted by Gasteiger charge is -2.38. The second-order valence-electron chi connectivity index (χ2n) is 4.53. The molecule has 88 valence electrons. The molecule has 0 aliphatic carbocycles. The molecule has 0 aromatic heterocycles. The van der Waals surface area contributed by atoms with Gasteiger partial charge < -0.3 is 5.32 Å². The molecule has 1 heterocycles. The summed E-state index contributed by atoms with van der Waals surface area (Å²) in [4.78, 5) is 4.83. The van der Waals surface area contributed by atoms with Crippen molar-refractivity contribution in [2.75, 3.05) is 40.3 Å². The SMILES string of the molecule is CN(C)C(c1ccccc1)N1CCNCC1. The molecule has 0 bridgehead atoms. The summed E-state index contributed by atoms with van der Waals surface area (Å²) in [7, 11) is 4.30. The Bertz CT molecular complexity index is 304. The summed E-state index contributed by atoms with van der Waals surface area (Å²) in [6.07, 6.45) is 0.406. The molecule has 0 radical (unpaired) electrons. The fourth-order valence-corrected chi connectivity index (χ4v) is 2.39. The van der Waals surface area contributed by atoms with E-state index in [4.69, 9.17) is 0 Å². The fraction of sp³-hybridized carbons (Fsp3) is 0.538. The van der Waals surface area contributed by atoms with Crippen LogP contribution in [0.25, 0.3) is 0 Å². The third-order valence-electron chi connectivity index (χ3n) is 3.08. The standard InChI is InChI=1S/C13H21N3/c1-15(2)13(12-6-4-3-5-7-12)16-10-8-14-9-11-16/h3-7,13-14H,8-11H2,1-2H3. The smallest absolute Gasteiger partial charge is 0.0882 e. The third kappa shape index (κ3) is 2.61. The Kier molecular flexibility index (Phi) is 3.93. The van der Waals surface area contributed by atoms with Crippen LogP contribution in [0.3, 0.4) is 0 Å². The average molecular weight is 219 g/mol. The second kappa shape index (κ2) is 5.43. The monoisotopic (exact) mass is 219 g/mol. The van der Waals surface area contributed by atoms with Crippen LogP contribution in [0.1, 0.15) is 11.7 Å². The first kappa shape index (κ1) is 11.6. The van der Waals surface area contributed by atoms with Crippen LogP contribution in [-0.2, 0) is 0 Å². The highest BCUT2D eigenvalue weighted by Crippen LogP contribution is 2.22. The highest BCUT2D eigenvalue weighted by Gasteiger charge is 2.23. The summed E-state index contributed by atoms with van der Waals surface area (Å²) >= 11 is 0. The molecule has 1 aromatic carbocycles. The summed E-state index contributed by atoms with van der Waals surface area (Å²) < 4.78 is 0. The molecule has 3 heteroatoms. The van der Waals surface area contributed by atoms with Gasteiger partial charge in [-0.25, -0.2) is 0 Å². The van der Waals surface area contributed by atoms with Gasteiger partial charge in [-0.1, -0.05) is 30.3 Å². The predicted octanol–water partition coefficient (Wildman–Crippen LogP) is 1.15. The molecule has 0 amide bonds. The number of piperazine rings is 1. The second-order valence-corrected chi connectivity index (χ2v) is 4.53. The normalized spacial score (nSPS) is 19.9. The Balaban J connectivity index is 2.16. The van der Waals surface area contributed by atoms with Gasteiger partial charge in [-0.15, -0.1) is 0 Å². The Hall–Kier alpha value is -0.900. The quantitative estimate of drug-likeness (QED) is 0.823. The van der Waals surface area contributed by atoms with Gasteiger partial charge in [0.1, 0.15) is 0 Å². The van der Waals surface area contributed by atoms with Crippen molar-refractivity contribution in [2.45, 2.75) is 6.17 Å². The predicted molar refractivity (Wildman–Crippen MR) is 67.3 cm³/mol. The maximum absolute atomic E-state index is 3.40. The fourth-order valence-electron chi connectivity index (χ4n) is 2.39. The Morgan fingerprint density at radius 1 is 1.12 bits per heavy atom. The van der Waals surface area contributed by atoms with Crippen molar-refractivity contribution < 1.29 is 0 Å². The maximum Gasteiger partial charge on any atom is 0.0882 e. The molecule has 1 fully saturated rings. The summed E-state index contributed by atoms with van der Waals surface area (Å²) in [5, 5.41) is 3.40. The van der Waals surface area contributed by atoms with Crippen LogP contribution in [0, 0.1) is 0 Å². The van der Waals surface area contributed by atoms with Gasteiger partial charge >= 0.3 is 0 Å². The Labute approximate surface area is 98.0 Å². The molecule has 0 spiro atoms. The van der Waals surface area contributed by atoms with Gasteiger partial charge in [0.15, 0.2) is 0 Å². The van der Waals surface area contributed by atoms with E-state index in [1.54, 1.807) is 0 Å². The molecule has 1 atom stereocenters. The van der Waals surface area contributed by atoms with Crippen LogP contribution >= 0.6 is 0 Å². The van der Waals surface area contributed by atoms with E-state index in [1.165, 1.54) is 5.56 Å². The molecule has 1 aliphatic rings. The minimum absolute atomic E-state index is 0.406. The minimum Gasteiger partial charge on any atom is -0.314 e. The topological polar surface area (TPSA) is 18.5 Å². The zero-order chi connectivity index (χ0) is 11.4. The lowest BCUT2D eigenvalue weighted by atomic mass is 10.1. The molecule has 1 unspecified atom stereocenters. The van der Waals surface area contributed by atoms with Crippen molar-refractivity contribution in [3.8, 4) is 0 Å². The van der Waals surface area contributed by atoms with E-state index in [9.17, 15) is 0 Å². The van der Waals surface area contributed by atoms with Crippen LogP contribution in [0.15, 0.2) is 30.3 Å². The molecule has 2 rings (SSSR count). The van der Waals surface area contributed by atoms with Crippen molar-refractivity contribution in [2.24, 2.45) is 0 Å². The number of hydrogen-bond acceptors (Lipinski definition) is 3. The third-order valence-corrected chi connectivity index (χ3v) is 3.08. The molecule has 3 nitrogen and oxygen atoms in total. The van der Waals surface area contributed by atoms with Crippen LogP contribution in [0.5, 0.6) is 0 Å². The van der Waals surface area contributed by atoms with Crippen molar-refractivity contribution in [3.63, 3.8) is 0 Å². The number of hydrogen-bond donors (Lipinski definition) is 1. The van der Waals surface area contributed by atoms with Gasteiger partial charge in [-0.05, 0) is 19.7 Å². The summed E-state index contributed by atoms with van der Waals surface area (Å²) in [5.74, 6) is 0. The molecule has 16 heavy (non-hydrogen) atoms. The Morgan fingerprint density at radius 2 is 1.75 bits per heavy atom. The van der Waals surface area contributed by atoms with Gasteiger partial charge in [0.05, 0.1) is 6.17 Å². The highest BCUT2D eigenvalue weighted by molar-refractivity contribution is 5.18. The van der Waals surface area contributed by atoms with E-state index in [-0.39, 0.29) is 0 Å². The molecule has 1 saturated heterocycles. The van der Waals surface area contributed by atoms with Crippen molar-refractivity contribution in [1.29, 1.82) is 0 Å². The van der Waals surface area contributed by atoms with E-state index >= 15 is 0 Å². The van der Waals surface area contributed by atoms with E-state index in [2.05, 4.69) is 59.5 Å². The van der Waals surface area contributed by atoms with E-state index in [0.717, 1.165) is 26.2 Å². The lowest BCUT2D eigenvalue weighted by Crippen LogP contribution is -2.48. The van der Waals surface area contributed by atoms with Gasteiger partial charge in [0, 0.05) is 26.2 Å². The first-order valence-corrected chi connectivity index (χ1v) is 5.95. The first-order chi connectivity index (χ1) is 7.79. The summed E-state index contributed by atoms with van der Waals surface area (Å²) in [6.45, 7) is 4.43. The van der Waals surface area contributed by atoms with Crippen LogP contribution in [-0.4, -0.2) is 50.1 Å². The van der Waals surface area contributed by atoms with Gasteiger partial charge in [0.2, 0.25) is 0 Å². The average Bonchev–Trinajstić information content (AvgIpc) is 2.31. The summed E-state index contributed by atoms with van der Waals surface area (Å²) in [6, 6.07) is 10.7. The number of benzene rings is 1. The molecular weight excluding hydrogens is 198 g/mol. The first-order valence-electron chi connectivity index (χ1n) is 5.95. The van der Waals surface area contributed by atoms with Crippen molar-refractivity contribution in [1.82, 2.24) is 15.1 Å². The maximum atomic E-state index is 3.40. The number of nitrogens with one attached hydrogen (secondary N) is 1. The molecule has 1 aromatic rings. The largest absolute Gasteiger partial charge is 0.314 e. The van der Waals surface area contributed by atoms with Gasteiger partial charge in [-0.3, -0.25) is 9.80 Å². The van der Waals surface area contributed by atoms with E-state index in [0.29, 0.717) is 6.17 Å². The van der Waals surface area contributed by atoms with E-state index < -0.39 is 0 Å². The van der Waals surface area contributed by atoms with Gasteiger partial charge in [0.25, 0.3) is 0 Å². The zero-order valence-electron chi connectivity index (χ0n) is 10.2. The van der Waals surface area contributed by atoms with Gasteiger partial charge in [-0.2, -0.15) is 0 Å². The summed E-state index contributed by atoms with van der Waals surface area (Å²) in [5.41, 5.74) is 1.38. The van der Waals surface area contributed by atoms with Crippen LogP contribution < -0.4 is 5.32 Å². The van der Waals surface area contributed by atoms with Crippen LogP contribution in [0.2, 0.25) is 0 Å². The zero-order valence-corrected chi connectivity index (χ0v) is 10.2. The number of nitrogens with zero attached hydrogens (tertiary/aromatic N) is 2. The highest BCUT2D eigenvalue weighted by atomic mass is 15.3. The molecular formula is C13H21N3. The van der Waals surface area contributed by atoms with Crippen molar-refractivity contribution in [3.05, 3.63) is 35.9 Å². The van der Waals surface area contributed by atoms with Crippen molar-refractivity contribution >= 4 is 0 Å². The molecule has 1 aliphatic heterocycles. The molecule has 0 saturated carbocycles. The van der Waals surface area contributed by atoms with E-state index in [1.807, 2.05) is 0 Å².